The number of aliphatic hydroxyl groups is 4. The molecule has 4 rings (SSSR count). The maximum Gasteiger partial charge on any atom is 0.229 e. The number of benzene rings is 2. The minimum atomic E-state index is -1.54. The third-order valence-corrected chi connectivity index (χ3v) is 5.56. The number of carbonyl (C=O) groups excluding carboxylic acids is 1. The van der Waals surface area contributed by atoms with Crippen molar-refractivity contribution in [3.05, 3.63) is 53.6 Å². The van der Waals surface area contributed by atoms with Gasteiger partial charge in [-0.2, -0.15) is 0 Å². The molecule has 6 atom stereocenters. The van der Waals surface area contributed by atoms with Gasteiger partial charge in [-0.25, -0.2) is 0 Å². The van der Waals surface area contributed by atoms with Gasteiger partial charge in [0.1, 0.15) is 48.3 Å². The van der Waals surface area contributed by atoms with E-state index >= 15 is 0 Å². The van der Waals surface area contributed by atoms with Crippen LogP contribution in [0.2, 0.25) is 0 Å². The molecule has 2 aliphatic heterocycles. The molecule has 0 spiro atoms. The van der Waals surface area contributed by atoms with Crippen molar-refractivity contribution < 1.29 is 44.2 Å². The lowest BCUT2D eigenvalue weighted by Gasteiger charge is -2.39. The van der Waals surface area contributed by atoms with Crippen molar-refractivity contribution in [2.75, 3.05) is 20.3 Å². The Morgan fingerprint density at radius 2 is 1.71 bits per heavy atom. The number of methoxy groups -OCH3 is 1. The Morgan fingerprint density at radius 1 is 1.00 bits per heavy atom. The van der Waals surface area contributed by atoms with Gasteiger partial charge in [0.25, 0.3) is 0 Å². The number of fused-ring (bicyclic) bond motifs is 1. The molecule has 0 aromatic heterocycles. The lowest BCUT2D eigenvalue weighted by Crippen LogP contribution is -2.60. The van der Waals surface area contributed by atoms with Gasteiger partial charge in [-0.15, -0.1) is 0 Å². The summed E-state index contributed by atoms with van der Waals surface area (Å²) in [6.07, 6.45) is -6.95. The maximum absolute atomic E-state index is 13.0. The third-order valence-electron chi connectivity index (χ3n) is 5.56. The van der Waals surface area contributed by atoms with E-state index in [1.165, 1.54) is 12.1 Å². The van der Waals surface area contributed by atoms with Crippen molar-refractivity contribution in [2.45, 2.75) is 36.6 Å². The zero-order valence-electron chi connectivity index (χ0n) is 16.7. The van der Waals surface area contributed by atoms with Crippen LogP contribution in [0.1, 0.15) is 21.8 Å². The fraction of sp³-hybridized carbons (Fsp3) is 0.409. The van der Waals surface area contributed by atoms with Gasteiger partial charge in [-0.05, 0) is 29.8 Å². The summed E-state index contributed by atoms with van der Waals surface area (Å²) in [7, 11) is 1.57. The van der Waals surface area contributed by atoms with E-state index in [1.807, 2.05) is 12.1 Å². The zero-order chi connectivity index (χ0) is 22.1. The summed E-state index contributed by atoms with van der Waals surface area (Å²) in [4.78, 5) is 13.0. The van der Waals surface area contributed by atoms with E-state index in [0.717, 1.165) is 5.56 Å². The van der Waals surface area contributed by atoms with Crippen molar-refractivity contribution in [1.82, 2.24) is 0 Å². The van der Waals surface area contributed by atoms with E-state index in [2.05, 4.69) is 0 Å². The molecule has 0 unspecified atom stereocenters. The molecule has 166 valence electrons. The maximum atomic E-state index is 13.0. The SMILES string of the molecule is COc1ccc([C@H]2COc3cc(O[C@@H]4O[C@H](CO)[C@@H](O)[C@H](O)[C@H]4O)ccc3C2=O)cc1. The van der Waals surface area contributed by atoms with Crippen LogP contribution in [0.15, 0.2) is 42.5 Å². The van der Waals surface area contributed by atoms with E-state index in [-0.39, 0.29) is 18.1 Å². The Hall–Kier alpha value is -2.69. The molecule has 1 saturated heterocycles. The lowest BCUT2D eigenvalue weighted by molar-refractivity contribution is -0.277. The molecule has 1 fully saturated rings. The second-order valence-electron chi connectivity index (χ2n) is 7.47. The lowest BCUT2D eigenvalue weighted by atomic mass is 9.89. The quantitative estimate of drug-likeness (QED) is 0.524. The molecule has 2 aliphatic rings. The minimum Gasteiger partial charge on any atom is -0.497 e. The summed E-state index contributed by atoms with van der Waals surface area (Å²) in [5, 5.41) is 39.2. The van der Waals surface area contributed by atoms with Gasteiger partial charge in [0.15, 0.2) is 5.78 Å². The standard InChI is InChI=1S/C22H24O9/c1-28-12-4-2-11(3-5-12)15-10-29-16-8-13(6-7-14(16)18(15)24)30-22-21(27)20(26)19(25)17(9-23)31-22/h2-8,15,17,19-23,25-27H,9-10H2,1H3/t15-,17-,19-,20+,21-,22-/m1/s1. The largest absolute Gasteiger partial charge is 0.497 e. The number of carbonyl (C=O) groups is 1. The van der Waals surface area contributed by atoms with Crippen LogP contribution in [-0.4, -0.2) is 77.2 Å². The van der Waals surface area contributed by atoms with Crippen LogP contribution in [0.5, 0.6) is 17.2 Å². The van der Waals surface area contributed by atoms with Gasteiger partial charge in [0.2, 0.25) is 6.29 Å². The predicted molar refractivity (Wildman–Crippen MR) is 106 cm³/mol. The van der Waals surface area contributed by atoms with E-state index < -0.39 is 43.2 Å². The smallest absolute Gasteiger partial charge is 0.229 e. The average molecular weight is 432 g/mol. The van der Waals surface area contributed by atoms with Gasteiger partial charge in [-0.1, -0.05) is 12.1 Å². The first-order valence-corrected chi connectivity index (χ1v) is 9.85. The average Bonchev–Trinajstić information content (AvgIpc) is 2.80. The number of rotatable bonds is 5. The Balaban J connectivity index is 1.50. The van der Waals surface area contributed by atoms with Crippen LogP contribution < -0.4 is 14.2 Å². The predicted octanol–water partition coefficient (Wildman–Crippen LogP) is 0.233. The summed E-state index contributed by atoms with van der Waals surface area (Å²) < 4.78 is 21.9. The van der Waals surface area contributed by atoms with E-state index in [0.29, 0.717) is 17.1 Å². The van der Waals surface area contributed by atoms with Crippen molar-refractivity contribution in [3.63, 3.8) is 0 Å². The first-order chi connectivity index (χ1) is 14.9. The highest BCUT2D eigenvalue weighted by Crippen LogP contribution is 2.36. The van der Waals surface area contributed by atoms with Crippen LogP contribution in [0.3, 0.4) is 0 Å². The second-order valence-corrected chi connectivity index (χ2v) is 7.47. The minimum absolute atomic E-state index is 0.0918. The second kappa shape index (κ2) is 8.81. The topological polar surface area (TPSA) is 135 Å². The Labute approximate surface area is 178 Å². The fourth-order valence-corrected chi connectivity index (χ4v) is 3.72. The molecule has 2 aromatic rings. The summed E-state index contributed by atoms with van der Waals surface area (Å²) in [6, 6.07) is 11.8. The molecule has 9 heteroatoms. The summed E-state index contributed by atoms with van der Waals surface area (Å²) >= 11 is 0. The Morgan fingerprint density at radius 3 is 2.39 bits per heavy atom. The summed E-state index contributed by atoms with van der Waals surface area (Å²) in [6.45, 7) is -0.402. The molecular weight excluding hydrogens is 408 g/mol. The van der Waals surface area contributed by atoms with Crippen LogP contribution in [0.4, 0.5) is 0 Å². The number of Topliss-reactive ketones (excluding diaryl/α,β-unsaturated/α-hetero) is 1. The number of ether oxygens (including phenoxy) is 4. The molecule has 0 radical (unpaired) electrons. The fourth-order valence-electron chi connectivity index (χ4n) is 3.72. The highest BCUT2D eigenvalue weighted by atomic mass is 16.7. The molecule has 31 heavy (non-hydrogen) atoms. The molecule has 2 heterocycles. The van der Waals surface area contributed by atoms with E-state index in [4.69, 9.17) is 18.9 Å². The van der Waals surface area contributed by atoms with Crippen molar-refractivity contribution in [1.29, 1.82) is 0 Å². The zero-order valence-corrected chi connectivity index (χ0v) is 16.7. The van der Waals surface area contributed by atoms with Gasteiger partial charge in [0, 0.05) is 6.07 Å². The number of aliphatic hydroxyl groups excluding tert-OH is 4. The summed E-state index contributed by atoms with van der Waals surface area (Å²) in [5.41, 5.74) is 1.21. The highest BCUT2D eigenvalue weighted by Gasteiger charge is 2.44. The molecule has 0 saturated carbocycles. The molecule has 0 bridgehead atoms. The third kappa shape index (κ3) is 4.10. The van der Waals surface area contributed by atoms with Crippen molar-refractivity contribution >= 4 is 5.78 Å². The van der Waals surface area contributed by atoms with Crippen molar-refractivity contribution in [3.8, 4) is 17.2 Å². The molecule has 0 aliphatic carbocycles. The van der Waals surface area contributed by atoms with Crippen LogP contribution in [0.25, 0.3) is 0 Å². The van der Waals surface area contributed by atoms with Crippen LogP contribution >= 0.6 is 0 Å². The van der Waals surface area contributed by atoms with E-state index in [9.17, 15) is 25.2 Å². The van der Waals surface area contributed by atoms with Gasteiger partial charge in [0.05, 0.1) is 25.2 Å². The Kier molecular flexibility index (Phi) is 6.12. The number of hydrogen-bond donors (Lipinski definition) is 4. The Bertz CT molecular complexity index is 927. The highest BCUT2D eigenvalue weighted by molar-refractivity contribution is 6.04. The van der Waals surface area contributed by atoms with Gasteiger partial charge >= 0.3 is 0 Å². The molecule has 2 aromatic carbocycles. The monoisotopic (exact) mass is 432 g/mol. The first kappa shape index (κ1) is 21.5. The van der Waals surface area contributed by atoms with Crippen LogP contribution in [0, 0.1) is 0 Å². The summed E-state index contributed by atoms with van der Waals surface area (Å²) in [5.74, 6) is 0.723. The number of hydrogen-bond acceptors (Lipinski definition) is 9. The van der Waals surface area contributed by atoms with E-state index in [1.54, 1.807) is 25.3 Å². The first-order valence-electron chi connectivity index (χ1n) is 9.85. The van der Waals surface area contributed by atoms with Crippen molar-refractivity contribution in [2.24, 2.45) is 0 Å². The van der Waals surface area contributed by atoms with Gasteiger partial charge < -0.3 is 39.4 Å². The van der Waals surface area contributed by atoms with Gasteiger partial charge in [-0.3, -0.25) is 4.79 Å². The molecular formula is C22H24O9. The van der Waals surface area contributed by atoms with Crippen LogP contribution in [-0.2, 0) is 4.74 Å². The normalized spacial score (nSPS) is 30.3. The number of ketones is 1. The molecule has 4 N–H and O–H groups in total. The molecule has 0 amide bonds. The molecule has 9 nitrogen and oxygen atoms in total.